The Bertz CT molecular complexity index is 856. The van der Waals surface area contributed by atoms with E-state index in [1.54, 1.807) is 22.8 Å². The second kappa shape index (κ2) is 6.30. The van der Waals surface area contributed by atoms with E-state index in [1.807, 2.05) is 31.2 Å². The van der Waals surface area contributed by atoms with E-state index in [-0.39, 0.29) is 11.6 Å². The quantitative estimate of drug-likeness (QED) is 0.684. The maximum absolute atomic E-state index is 11.0. The van der Waals surface area contributed by atoms with Gasteiger partial charge in [0.2, 0.25) is 5.88 Å². The Morgan fingerprint density at radius 1 is 1.22 bits per heavy atom. The zero-order chi connectivity index (χ0) is 16.4. The number of nitrogens with zero attached hydrogens (tertiary/aromatic N) is 2. The number of fused-ring (bicyclic) bond motifs is 1. The fourth-order valence-electron chi connectivity index (χ4n) is 2.50. The number of benzene rings is 2. The van der Waals surface area contributed by atoms with Gasteiger partial charge in [0, 0.05) is 10.4 Å². The molecule has 0 aliphatic heterocycles. The number of hydrogen-bond acceptors (Lipinski definition) is 4. The monoisotopic (exact) mass is 330 g/mol. The van der Waals surface area contributed by atoms with E-state index in [0.717, 1.165) is 11.3 Å². The molecule has 0 radical (unpaired) electrons. The van der Waals surface area contributed by atoms with Crippen LogP contribution < -0.4 is 4.74 Å². The van der Waals surface area contributed by atoms with Gasteiger partial charge in [0.1, 0.15) is 12.4 Å². The first-order chi connectivity index (χ1) is 11.1. The van der Waals surface area contributed by atoms with Crippen molar-refractivity contribution in [2.75, 3.05) is 6.61 Å². The molecule has 0 unspecified atom stereocenters. The molecule has 0 saturated carbocycles. The van der Waals surface area contributed by atoms with Crippen molar-refractivity contribution in [1.82, 2.24) is 4.57 Å². The van der Waals surface area contributed by atoms with Crippen molar-refractivity contribution in [2.24, 2.45) is 5.18 Å². The summed E-state index contributed by atoms with van der Waals surface area (Å²) in [4.78, 5) is 11.0. The Kier molecular flexibility index (Phi) is 4.21. The number of rotatable bonds is 5. The van der Waals surface area contributed by atoms with Gasteiger partial charge < -0.3 is 14.4 Å². The Morgan fingerprint density at radius 3 is 2.65 bits per heavy atom. The van der Waals surface area contributed by atoms with Gasteiger partial charge in [0.15, 0.2) is 5.69 Å². The molecule has 0 amide bonds. The van der Waals surface area contributed by atoms with E-state index < -0.39 is 0 Å². The number of aryl methyl sites for hydroxylation is 1. The van der Waals surface area contributed by atoms with Crippen LogP contribution in [0.5, 0.6) is 11.6 Å². The van der Waals surface area contributed by atoms with Crippen molar-refractivity contribution in [3.8, 4) is 11.6 Å². The fraction of sp³-hybridized carbons (Fsp3) is 0.176. The second-order valence-electron chi connectivity index (χ2n) is 5.24. The van der Waals surface area contributed by atoms with Crippen LogP contribution in [0.4, 0.5) is 5.69 Å². The molecular weight excluding hydrogens is 316 g/mol. The minimum absolute atomic E-state index is 0.00200. The molecule has 0 aliphatic carbocycles. The highest BCUT2D eigenvalue weighted by Gasteiger charge is 2.17. The minimum atomic E-state index is -0.176. The summed E-state index contributed by atoms with van der Waals surface area (Å²) in [6.45, 7) is 2.74. The van der Waals surface area contributed by atoms with E-state index in [2.05, 4.69) is 5.18 Å². The van der Waals surface area contributed by atoms with E-state index in [9.17, 15) is 10.0 Å². The van der Waals surface area contributed by atoms with Crippen LogP contribution in [0.3, 0.4) is 0 Å². The zero-order valence-corrected chi connectivity index (χ0v) is 13.2. The lowest BCUT2D eigenvalue weighted by atomic mass is 10.2. The van der Waals surface area contributed by atoms with Gasteiger partial charge in [-0.05, 0) is 42.4 Å². The first kappa shape index (κ1) is 15.4. The molecule has 3 aromatic rings. The first-order valence-electron chi connectivity index (χ1n) is 7.13. The van der Waals surface area contributed by atoms with Crippen molar-refractivity contribution >= 4 is 28.2 Å². The molecule has 6 heteroatoms. The summed E-state index contributed by atoms with van der Waals surface area (Å²) < 4.78 is 7.26. The molecule has 0 bridgehead atoms. The molecule has 2 aromatic carbocycles. The first-order valence-corrected chi connectivity index (χ1v) is 7.51. The summed E-state index contributed by atoms with van der Waals surface area (Å²) in [5.41, 5.74) is 1.84. The number of aromatic hydroxyl groups is 1. The maximum atomic E-state index is 11.0. The molecule has 1 heterocycles. The standard InChI is InChI=1S/C17H15ClN2O3/c1-11-2-5-13(6-3-11)23-9-8-20-15-7-4-12(18)10-14(15)16(19-22)17(20)21/h2-7,10,21H,8-9H2,1H3. The molecule has 0 aliphatic rings. The van der Waals surface area contributed by atoms with Gasteiger partial charge in [0.25, 0.3) is 0 Å². The van der Waals surface area contributed by atoms with Crippen molar-refractivity contribution in [3.05, 3.63) is 58.0 Å². The topological polar surface area (TPSA) is 63.8 Å². The number of hydrogen-bond donors (Lipinski definition) is 1. The molecule has 5 nitrogen and oxygen atoms in total. The van der Waals surface area contributed by atoms with Gasteiger partial charge in [-0.1, -0.05) is 29.3 Å². The average molecular weight is 331 g/mol. The van der Waals surface area contributed by atoms with Crippen molar-refractivity contribution < 1.29 is 9.84 Å². The number of aromatic nitrogens is 1. The van der Waals surface area contributed by atoms with E-state index in [1.165, 1.54) is 0 Å². The van der Waals surface area contributed by atoms with Crippen LogP contribution in [0.2, 0.25) is 5.02 Å². The van der Waals surface area contributed by atoms with Gasteiger partial charge in [-0.25, -0.2) is 0 Å². The summed E-state index contributed by atoms with van der Waals surface area (Å²) in [7, 11) is 0. The predicted octanol–water partition coefficient (Wildman–Crippen LogP) is 4.79. The molecule has 1 aromatic heterocycles. The molecule has 118 valence electrons. The second-order valence-corrected chi connectivity index (χ2v) is 5.67. The SMILES string of the molecule is Cc1ccc(OCCn2c(O)c(N=O)c3cc(Cl)ccc32)cc1. The van der Waals surface area contributed by atoms with Gasteiger partial charge in [0.05, 0.1) is 12.1 Å². The number of ether oxygens (including phenoxy) is 1. The number of halogens is 1. The third kappa shape index (κ3) is 3.00. The Hall–Kier alpha value is -2.53. The average Bonchev–Trinajstić information content (AvgIpc) is 2.80. The molecule has 1 N–H and O–H groups in total. The van der Waals surface area contributed by atoms with Gasteiger partial charge in [-0.2, -0.15) is 0 Å². The van der Waals surface area contributed by atoms with Gasteiger partial charge in [-0.15, -0.1) is 4.91 Å². The molecule has 0 spiro atoms. The highest BCUT2D eigenvalue weighted by Crippen LogP contribution is 2.39. The van der Waals surface area contributed by atoms with Crippen LogP contribution in [-0.2, 0) is 6.54 Å². The highest BCUT2D eigenvalue weighted by molar-refractivity contribution is 6.31. The number of nitroso groups, excluding NO2 is 1. The summed E-state index contributed by atoms with van der Waals surface area (Å²) in [5.74, 6) is 0.577. The minimum Gasteiger partial charge on any atom is -0.493 e. The fourth-order valence-corrected chi connectivity index (χ4v) is 2.67. The molecule has 0 fully saturated rings. The van der Waals surface area contributed by atoms with E-state index >= 15 is 0 Å². The van der Waals surface area contributed by atoms with Crippen molar-refractivity contribution in [2.45, 2.75) is 13.5 Å². The Balaban J connectivity index is 1.83. The third-order valence-corrected chi connectivity index (χ3v) is 3.90. The molecule has 23 heavy (non-hydrogen) atoms. The highest BCUT2D eigenvalue weighted by atomic mass is 35.5. The molecule has 0 atom stereocenters. The Labute approximate surface area is 138 Å². The summed E-state index contributed by atoms with van der Waals surface area (Å²) in [6.07, 6.45) is 0. The van der Waals surface area contributed by atoms with Crippen LogP contribution in [0.15, 0.2) is 47.6 Å². The van der Waals surface area contributed by atoms with Crippen LogP contribution in [0.25, 0.3) is 10.9 Å². The molecule has 0 saturated heterocycles. The van der Waals surface area contributed by atoms with Crippen LogP contribution >= 0.6 is 11.6 Å². The molecular formula is C17H15ClN2O3. The lowest BCUT2D eigenvalue weighted by Gasteiger charge is -2.09. The lowest BCUT2D eigenvalue weighted by Crippen LogP contribution is -2.07. The smallest absolute Gasteiger partial charge is 0.222 e. The maximum Gasteiger partial charge on any atom is 0.222 e. The third-order valence-electron chi connectivity index (χ3n) is 3.67. The van der Waals surface area contributed by atoms with Crippen LogP contribution in [0, 0.1) is 11.8 Å². The van der Waals surface area contributed by atoms with Crippen LogP contribution in [0.1, 0.15) is 5.56 Å². The zero-order valence-electron chi connectivity index (χ0n) is 12.5. The summed E-state index contributed by atoms with van der Waals surface area (Å²) >= 11 is 5.95. The van der Waals surface area contributed by atoms with E-state index in [0.29, 0.717) is 29.1 Å². The van der Waals surface area contributed by atoms with Crippen LogP contribution in [-0.4, -0.2) is 16.3 Å². The Morgan fingerprint density at radius 2 is 1.96 bits per heavy atom. The predicted molar refractivity (Wildman–Crippen MR) is 90.7 cm³/mol. The van der Waals surface area contributed by atoms with Crippen molar-refractivity contribution in [3.63, 3.8) is 0 Å². The van der Waals surface area contributed by atoms with Gasteiger partial charge in [-0.3, -0.25) is 0 Å². The summed E-state index contributed by atoms with van der Waals surface area (Å²) in [6, 6.07) is 12.8. The lowest BCUT2D eigenvalue weighted by molar-refractivity contribution is 0.290. The molecule has 3 rings (SSSR count). The van der Waals surface area contributed by atoms with Crippen molar-refractivity contribution in [1.29, 1.82) is 0 Å². The van der Waals surface area contributed by atoms with Gasteiger partial charge >= 0.3 is 0 Å². The summed E-state index contributed by atoms with van der Waals surface area (Å²) in [5, 5.41) is 14.1. The largest absolute Gasteiger partial charge is 0.493 e. The normalized spacial score (nSPS) is 10.9. The van der Waals surface area contributed by atoms with E-state index in [4.69, 9.17) is 16.3 Å².